The number of likely N-dealkylation sites (N-methyl/N-ethyl adjacent to an activating group) is 1. The monoisotopic (exact) mass is 253 g/mol. The summed E-state index contributed by atoms with van der Waals surface area (Å²) in [5.41, 5.74) is 0.123. The Morgan fingerprint density at radius 1 is 1.06 bits per heavy atom. The summed E-state index contributed by atoms with van der Waals surface area (Å²) in [6, 6.07) is 0.565. The van der Waals surface area contributed by atoms with Crippen LogP contribution in [0.1, 0.15) is 64.7 Å². The second-order valence-electron chi connectivity index (χ2n) is 6.62. The molecule has 2 fully saturated rings. The van der Waals surface area contributed by atoms with E-state index in [1.54, 1.807) is 0 Å². The molecule has 18 heavy (non-hydrogen) atoms. The normalized spacial score (nSPS) is 34.2. The van der Waals surface area contributed by atoms with E-state index >= 15 is 0 Å². The van der Waals surface area contributed by atoms with E-state index in [0.717, 1.165) is 11.8 Å². The van der Waals surface area contributed by atoms with Gasteiger partial charge >= 0.3 is 0 Å². The molecule has 0 radical (unpaired) electrons. The number of hydrogen-bond acceptors (Lipinski definition) is 2. The van der Waals surface area contributed by atoms with Gasteiger partial charge in [-0.1, -0.05) is 39.0 Å². The summed E-state index contributed by atoms with van der Waals surface area (Å²) in [6.45, 7) is 2.40. The zero-order valence-corrected chi connectivity index (χ0v) is 12.5. The average Bonchev–Trinajstić information content (AvgIpc) is 2.43. The van der Waals surface area contributed by atoms with Crippen LogP contribution < -0.4 is 5.32 Å². The Morgan fingerprint density at radius 2 is 1.67 bits per heavy atom. The molecule has 0 spiro atoms. The van der Waals surface area contributed by atoms with Crippen molar-refractivity contribution < 1.29 is 4.74 Å². The highest BCUT2D eigenvalue weighted by Gasteiger charge is 2.43. The van der Waals surface area contributed by atoms with Gasteiger partial charge in [-0.15, -0.1) is 0 Å². The lowest BCUT2D eigenvalue weighted by Crippen LogP contribution is -2.56. The van der Waals surface area contributed by atoms with E-state index in [2.05, 4.69) is 19.3 Å². The van der Waals surface area contributed by atoms with Gasteiger partial charge in [0, 0.05) is 13.2 Å². The van der Waals surface area contributed by atoms with Crippen molar-refractivity contribution >= 4 is 0 Å². The molecule has 1 atom stereocenters. The van der Waals surface area contributed by atoms with E-state index in [1.807, 2.05) is 7.11 Å². The molecule has 0 aliphatic heterocycles. The third-order valence-electron chi connectivity index (χ3n) is 5.52. The summed E-state index contributed by atoms with van der Waals surface area (Å²) in [7, 11) is 4.07. The average molecular weight is 253 g/mol. The Kier molecular flexibility index (Phi) is 5.08. The van der Waals surface area contributed by atoms with E-state index in [1.165, 1.54) is 57.8 Å². The van der Waals surface area contributed by atoms with Gasteiger partial charge in [0.15, 0.2) is 0 Å². The van der Waals surface area contributed by atoms with Gasteiger partial charge in [-0.2, -0.15) is 0 Å². The van der Waals surface area contributed by atoms with Gasteiger partial charge in [0.05, 0.1) is 5.60 Å². The molecule has 2 rings (SSSR count). The van der Waals surface area contributed by atoms with Gasteiger partial charge in [-0.05, 0) is 44.6 Å². The summed E-state index contributed by atoms with van der Waals surface area (Å²) < 4.78 is 6.05. The first kappa shape index (κ1) is 14.3. The van der Waals surface area contributed by atoms with Crippen molar-refractivity contribution in [2.75, 3.05) is 14.2 Å². The summed E-state index contributed by atoms with van der Waals surface area (Å²) in [5, 5.41) is 3.62. The molecule has 0 aromatic carbocycles. The molecule has 0 aromatic rings. The highest BCUT2D eigenvalue weighted by molar-refractivity contribution is 4.99. The first-order chi connectivity index (χ1) is 8.72. The minimum Gasteiger partial charge on any atom is -0.377 e. The molecular weight excluding hydrogens is 222 g/mol. The maximum atomic E-state index is 6.05. The number of methoxy groups -OCH3 is 1. The third-order valence-corrected chi connectivity index (χ3v) is 5.52. The Hall–Kier alpha value is -0.0800. The summed E-state index contributed by atoms with van der Waals surface area (Å²) in [5.74, 6) is 1.76. The van der Waals surface area contributed by atoms with Gasteiger partial charge in [-0.3, -0.25) is 0 Å². The van der Waals surface area contributed by atoms with Crippen molar-refractivity contribution in [2.24, 2.45) is 11.8 Å². The van der Waals surface area contributed by atoms with E-state index < -0.39 is 0 Å². The van der Waals surface area contributed by atoms with Crippen LogP contribution >= 0.6 is 0 Å². The quantitative estimate of drug-likeness (QED) is 0.824. The van der Waals surface area contributed by atoms with E-state index in [-0.39, 0.29) is 5.60 Å². The first-order valence-corrected chi connectivity index (χ1v) is 7.94. The van der Waals surface area contributed by atoms with E-state index in [9.17, 15) is 0 Å². The van der Waals surface area contributed by atoms with Gasteiger partial charge in [-0.25, -0.2) is 0 Å². The largest absolute Gasteiger partial charge is 0.377 e. The predicted octanol–water partition coefficient (Wildman–Crippen LogP) is 3.75. The fourth-order valence-corrected chi connectivity index (χ4v) is 4.34. The van der Waals surface area contributed by atoms with Crippen LogP contribution in [-0.4, -0.2) is 25.8 Å². The molecule has 106 valence electrons. The predicted molar refractivity (Wildman–Crippen MR) is 76.8 cm³/mol. The molecule has 0 bridgehead atoms. The Morgan fingerprint density at radius 3 is 2.17 bits per heavy atom. The number of rotatable bonds is 4. The molecule has 2 saturated carbocycles. The fourth-order valence-electron chi connectivity index (χ4n) is 4.34. The standard InChI is InChI=1S/C16H31NO/c1-13-7-9-14(10-8-13)15(17-2)16(18-3)11-5-4-6-12-16/h13-15,17H,4-12H2,1-3H3. The van der Waals surface area contributed by atoms with Crippen LogP contribution in [0.4, 0.5) is 0 Å². The van der Waals surface area contributed by atoms with Crippen LogP contribution in [0.3, 0.4) is 0 Å². The molecule has 1 N–H and O–H groups in total. The Balaban J connectivity index is 2.05. The number of hydrogen-bond donors (Lipinski definition) is 1. The van der Waals surface area contributed by atoms with Crippen LogP contribution in [0.5, 0.6) is 0 Å². The van der Waals surface area contributed by atoms with Crippen molar-refractivity contribution in [3.8, 4) is 0 Å². The number of nitrogens with one attached hydrogen (secondary N) is 1. The second-order valence-corrected chi connectivity index (χ2v) is 6.62. The summed E-state index contributed by atoms with van der Waals surface area (Å²) in [6.07, 6.45) is 12.2. The van der Waals surface area contributed by atoms with Gasteiger partial charge < -0.3 is 10.1 Å². The molecular formula is C16H31NO. The van der Waals surface area contributed by atoms with Crippen LogP contribution in [0.15, 0.2) is 0 Å². The van der Waals surface area contributed by atoms with Gasteiger partial charge in [0.25, 0.3) is 0 Å². The van der Waals surface area contributed by atoms with E-state index in [4.69, 9.17) is 4.74 Å². The smallest absolute Gasteiger partial charge is 0.0833 e. The summed E-state index contributed by atoms with van der Waals surface area (Å²) >= 11 is 0. The third kappa shape index (κ3) is 2.91. The van der Waals surface area contributed by atoms with Crippen LogP contribution in [-0.2, 0) is 4.74 Å². The Bertz CT molecular complexity index is 239. The molecule has 0 saturated heterocycles. The lowest BCUT2D eigenvalue weighted by atomic mass is 9.69. The van der Waals surface area contributed by atoms with Crippen molar-refractivity contribution in [1.82, 2.24) is 5.32 Å². The maximum Gasteiger partial charge on any atom is 0.0833 e. The minimum absolute atomic E-state index is 0.123. The van der Waals surface area contributed by atoms with Gasteiger partial charge in [0.2, 0.25) is 0 Å². The van der Waals surface area contributed by atoms with Crippen LogP contribution in [0.2, 0.25) is 0 Å². The zero-order chi connectivity index (χ0) is 13.0. The maximum absolute atomic E-state index is 6.05. The summed E-state index contributed by atoms with van der Waals surface area (Å²) in [4.78, 5) is 0. The molecule has 2 nitrogen and oxygen atoms in total. The van der Waals surface area contributed by atoms with Crippen molar-refractivity contribution in [3.05, 3.63) is 0 Å². The highest BCUT2D eigenvalue weighted by Crippen LogP contribution is 2.41. The lowest BCUT2D eigenvalue weighted by molar-refractivity contribution is -0.0844. The first-order valence-electron chi connectivity index (χ1n) is 7.94. The molecule has 2 aliphatic rings. The molecule has 0 amide bonds. The van der Waals surface area contributed by atoms with Crippen molar-refractivity contribution in [2.45, 2.75) is 76.4 Å². The number of ether oxygens (including phenoxy) is 1. The topological polar surface area (TPSA) is 21.3 Å². The van der Waals surface area contributed by atoms with Crippen molar-refractivity contribution in [3.63, 3.8) is 0 Å². The van der Waals surface area contributed by atoms with Crippen LogP contribution in [0.25, 0.3) is 0 Å². The van der Waals surface area contributed by atoms with Gasteiger partial charge in [0.1, 0.15) is 0 Å². The SMILES string of the molecule is CNC(C1CCC(C)CC1)C1(OC)CCCCC1. The second kappa shape index (κ2) is 6.38. The molecule has 1 unspecified atom stereocenters. The minimum atomic E-state index is 0.123. The van der Waals surface area contributed by atoms with E-state index in [0.29, 0.717) is 6.04 Å². The molecule has 0 heterocycles. The molecule has 2 aliphatic carbocycles. The zero-order valence-electron chi connectivity index (χ0n) is 12.5. The molecule has 0 aromatic heterocycles. The highest BCUT2D eigenvalue weighted by atomic mass is 16.5. The lowest BCUT2D eigenvalue weighted by Gasteiger charge is -2.47. The fraction of sp³-hybridized carbons (Fsp3) is 1.00. The van der Waals surface area contributed by atoms with Crippen molar-refractivity contribution in [1.29, 1.82) is 0 Å². The molecule has 2 heteroatoms. The Labute approximate surface area is 113 Å². The van der Waals surface area contributed by atoms with Crippen LogP contribution in [0, 0.1) is 11.8 Å².